The van der Waals surface area contributed by atoms with E-state index >= 15 is 0 Å². The number of benzene rings is 2. The first-order valence-electron chi connectivity index (χ1n) is 8.00. The van der Waals surface area contributed by atoms with Crippen molar-refractivity contribution in [2.75, 3.05) is 5.32 Å². The molecule has 6 heteroatoms. The molecule has 0 saturated carbocycles. The van der Waals surface area contributed by atoms with Crippen LogP contribution in [-0.4, -0.2) is 24.0 Å². The van der Waals surface area contributed by atoms with E-state index in [1.165, 1.54) is 0 Å². The van der Waals surface area contributed by atoms with Crippen molar-refractivity contribution in [1.82, 2.24) is 5.32 Å². The predicted molar refractivity (Wildman–Crippen MR) is 99.2 cm³/mol. The highest BCUT2D eigenvalue weighted by Crippen LogP contribution is 2.24. The molecular formula is C19H21ClN2O3. The summed E-state index contributed by atoms with van der Waals surface area (Å²) in [7, 11) is 0. The Morgan fingerprint density at radius 2 is 1.64 bits per heavy atom. The van der Waals surface area contributed by atoms with Crippen molar-refractivity contribution in [3.63, 3.8) is 0 Å². The lowest BCUT2D eigenvalue weighted by atomic mass is 10.1. The Hall–Kier alpha value is -2.53. The number of hydrogen-bond acceptors (Lipinski definition) is 3. The van der Waals surface area contributed by atoms with Crippen LogP contribution >= 0.6 is 11.6 Å². The summed E-state index contributed by atoms with van der Waals surface area (Å²) < 4.78 is 5.60. The predicted octanol–water partition coefficient (Wildman–Crippen LogP) is 3.88. The van der Waals surface area contributed by atoms with Crippen LogP contribution in [0.3, 0.4) is 0 Å². The van der Waals surface area contributed by atoms with E-state index in [1.807, 2.05) is 13.8 Å². The van der Waals surface area contributed by atoms with Gasteiger partial charge in [-0.25, -0.2) is 0 Å². The van der Waals surface area contributed by atoms with Crippen LogP contribution in [0.25, 0.3) is 0 Å². The molecule has 2 aromatic rings. The maximum absolute atomic E-state index is 12.4. The van der Waals surface area contributed by atoms with Crippen LogP contribution in [-0.2, 0) is 4.79 Å². The Balaban J connectivity index is 2.10. The van der Waals surface area contributed by atoms with Gasteiger partial charge in [-0.3, -0.25) is 9.59 Å². The molecule has 0 bridgehead atoms. The first kappa shape index (κ1) is 18.8. The topological polar surface area (TPSA) is 67.4 Å². The molecule has 0 spiro atoms. The minimum absolute atomic E-state index is 0.00117. The van der Waals surface area contributed by atoms with Gasteiger partial charge in [0.15, 0.2) is 6.10 Å². The van der Waals surface area contributed by atoms with Crippen LogP contribution in [0.4, 0.5) is 5.69 Å². The van der Waals surface area contributed by atoms with E-state index in [4.69, 9.17) is 16.3 Å². The molecule has 2 N–H and O–H groups in total. The number of carbonyl (C=O) groups is 2. The molecule has 0 aromatic heterocycles. The number of rotatable bonds is 6. The van der Waals surface area contributed by atoms with Gasteiger partial charge in [0.1, 0.15) is 5.75 Å². The van der Waals surface area contributed by atoms with Gasteiger partial charge in [-0.2, -0.15) is 0 Å². The maximum Gasteiger partial charge on any atom is 0.265 e. The minimum Gasteiger partial charge on any atom is -0.479 e. The first-order chi connectivity index (χ1) is 11.9. The van der Waals surface area contributed by atoms with Crippen LogP contribution in [0, 0.1) is 0 Å². The highest BCUT2D eigenvalue weighted by atomic mass is 35.5. The van der Waals surface area contributed by atoms with Gasteiger partial charge in [0, 0.05) is 6.04 Å². The van der Waals surface area contributed by atoms with Gasteiger partial charge in [0.25, 0.3) is 11.8 Å². The molecule has 0 fully saturated rings. The van der Waals surface area contributed by atoms with E-state index < -0.39 is 6.10 Å². The molecule has 0 aliphatic heterocycles. The molecule has 25 heavy (non-hydrogen) atoms. The second-order valence-corrected chi connectivity index (χ2v) is 6.26. The van der Waals surface area contributed by atoms with E-state index in [-0.39, 0.29) is 17.9 Å². The Morgan fingerprint density at radius 1 is 1.00 bits per heavy atom. The number of carbonyl (C=O) groups excluding carboxylic acids is 2. The van der Waals surface area contributed by atoms with Gasteiger partial charge in [-0.1, -0.05) is 35.9 Å². The zero-order chi connectivity index (χ0) is 18.4. The lowest BCUT2D eigenvalue weighted by Gasteiger charge is -2.17. The lowest BCUT2D eigenvalue weighted by Crippen LogP contribution is -2.33. The van der Waals surface area contributed by atoms with Crippen molar-refractivity contribution in [3.8, 4) is 5.75 Å². The number of ether oxygens (including phenoxy) is 1. The molecule has 5 nitrogen and oxygen atoms in total. The molecule has 132 valence electrons. The van der Waals surface area contributed by atoms with Gasteiger partial charge in [-0.05, 0) is 45.0 Å². The molecule has 0 aliphatic rings. The molecule has 2 aromatic carbocycles. The average Bonchev–Trinajstić information content (AvgIpc) is 2.56. The summed E-state index contributed by atoms with van der Waals surface area (Å²) in [6.07, 6.45) is -0.777. The molecule has 1 atom stereocenters. The van der Waals surface area contributed by atoms with Crippen molar-refractivity contribution in [1.29, 1.82) is 0 Å². The lowest BCUT2D eigenvalue weighted by molar-refractivity contribution is -0.122. The summed E-state index contributed by atoms with van der Waals surface area (Å²) in [5.41, 5.74) is 0.828. The largest absolute Gasteiger partial charge is 0.479 e. The monoisotopic (exact) mass is 360 g/mol. The molecule has 0 heterocycles. The SMILES string of the molecule is CC(C)NC(=O)c1ccccc1NC(=O)[C@H](C)Oc1ccccc1Cl. The smallest absolute Gasteiger partial charge is 0.265 e. The summed E-state index contributed by atoms with van der Waals surface area (Å²) in [5, 5.41) is 5.98. The van der Waals surface area contributed by atoms with Crippen LogP contribution < -0.4 is 15.4 Å². The van der Waals surface area contributed by atoms with E-state index in [9.17, 15) is 9.59 Å². The number of halogens is 1. The number of anilines is 1. The molecular weight excluding hydrogens is 340 g/mol. The highest BCUT2D eigenvalue weighted by Gasteiger charge is 2.19. The zero-order valence-corrected chi connectivity index (χ0v) is 15.1. The second kappa shape index (κ2) is 8.53. The fraction of sp³-hybridized carbons (Fsp3) is 0.263. The third kappa shape index (κ3) is 5.22. The zero-order valence-electron chi connectivity index (χ0n) is 14.4. The molecule has 2 rings (SSSR count). The fourth-order valence-corrected chi connectivity index (χ4v) is 2.33. The molecule has 2 amide bonds. The van der Waals surface area contributed by atoms with Crippen LogP contribution in [0.15, 0.2) is 48.5 Å². The molecule has 0 saturated heterocycles. The number of amides is 2. The first-order valence-corrected chi connectivity index (χ1v) is 8.38. The van der Waals surface area contributed by atoms with Gasteiger partial charge in [0.05, 0.1) is 16.3 Å². The number of nitrogens with one attached hydrogen (secondary N) is 2. The Bertz CT molecular complexity index is 762. The maximum atomic E-state index is 12.4. The van der Waals surface area contributed by atoms with Gasteiger partial charge >= 0.3 is 0 Å². The van der Waals surface area contributed by atoms with Crippen LogP contribution in [0.2, 0.25) is 5.02 Å². The Morgan fingerprint density at radius 3 is 2.32 bits per heavy atom. The van der Waals surface area contributed by atoms with E-state index in [2.05, 4.69) is 10.6 Å². The third-order valence-corrected chi connectivity index (χ3v) is 3.67. The van der Waals surface area contributed by atoms with Crippen molar-refractivity contribution in [2.45, 2.75) is 32.9 Å². The standard InChI is InChI=1S/C19H21ClN2O3/c1-12(2)21-19(24)14-8-4-6-10-16(14)22-18(23)13(3)25-17-11-7-5-9-15(17)20/h4-13H,1-3H3,(H,21,24)(H,22,23)/t13-/m0/s1. The summed E-state index contributed by atoms with van der Waals surface area (Å²) in [6, 6.07) is 13.8. The second-order valence-electron chi connectivity index (χ2n) is 5.85. The van der Waals surface area contributed by atoms with Gasteiger partial charge < -0.3 is 15.4 Å². The minimum atomic E-state index is -0.777. The number of hydrogen-bond donors (Lipinski definition) is 2. The van der Waals surface area contributed by atoms with Gasteiger partial charge in [0.2, 0.25) is 0 Å². The normalized spacial score (nSPS) is 11.7. The third-order valence-electron chi connectivity index (χ3n) is 3.36. The van der Waals surface area contributed by atoms with Crippen LogP contribution in [0.1, 0.15) is 31.1 Å². The fourth-order valence-electron chi connectivity index (χ4n) is 2.15. The highest BCUT2D eigenvalue weighted by molar-refractivity contribution is 6.32. The summed E-state index contributed by atoms with van der Waals surface area (Å²) in [4.78, 5) is 24.7. The average molecular weight is 361 g/mol. The Kier molecular flexibility index (Phi) is 6.42. The number of para-hydroxylation sites is 2. The molecule has 0 radical (unpaired) electrons. The van der Waals surface area contributed by atoms with Gasteiger partial charge in [-0.15, -0.1) is 0 Å². The van der Waals surface area contributed by atoms with Crippen molar-refractivity contribution in [3.05, 3.63) is 59.1 Å². The van der Waals surface area contributed by atoms with E-state index in [1.54, 1.807) is 55.5 Å². The summed E-state index contributed by atoms with van der Waals surface area (Å²) in [5.74, 6) is -0.187. The summed E-state index contributed by atoms with van der Waals surface area (Å²) in [6.45, 7) is 5.37. The van der Waals surface area contributed by atoms with Crippen molar-refractivity contribution < 1.29 is 14.3 Å². The molecule has 0 aliphatic carbocycles. The van der Waals surface area contributed by atoms with Crippen molar-refractivity contribution >= 4 is 29.1 Å². The van der Waals surface area contributed by atoms with Crippen LogP contribution in [0.5, 0.6) is 5.75 Å². The Labute approximate surface area is 152 Å². The van der Waals surface area contributed by atoms with E-state index in [0.29, 0.717) is 22.0 Å². The molecule has 0 unspecified atom stereocenters. The quantitative estimate of drug-likeness (QED) is 0.821. The van der Waals surface area contributed by atoms with Crippen molar-refractivity contribution in [2.24, 2.45) is 0 Å². The summed E-state index contributed by atoms with van der Waals surface area (Å²) >= 11 is 6.04. The van der Waals surface area contributed by atoms with E-state index in [0.717, 1.165) is 0 Å².